The number of carbonyl (C=O) groups is 2. The minimum absolute atomic E-state index is 0.0593. The summed E-state index contributed by atoms with van der Waals surface area (Å²) in [4.78, 5) is 31.5. The van der Waals surface area contributed by atoms with Gasteiger partial charge in [0.1, 0.15) is 17.3 Å². The van der Waals surface area contributed by atoms with Gasteiger partial charge in [-0.1, -0.05) is 35.3 Å². The molecule has 9 heteroatoms. The number of benzene rings is 2. The molecule has 1 aromatic heterocycles. The third kappa shape index (κ3) is 4.29. The molecule has 1 atom stereocenters. The van der Waals surface area contributed by atoms with E-state index in [2.05, 4.69) is 4.98 Å². The first-order chi connectivity index (χ1) is 15.8. The molecule has 0 spiro atoms. The molecule has 1 amide bonds. The monoisotopic (exact) mass is 486 g/mol. The van der Waals surface area contributed by atoms with Gasteiger partial charge in [-0.25, -0.2) is 4.39 Å². The maximum absolute atomic E-state index is 13.6. The molecule has 33 heavy (non-hydrogen) atoms. The highest BCUT2D eigenvalue weighted by atomic mass is 35.5. The number of ketones is 1. The average Bonchev–Trinajstić information content (AvgIpc) is 3.04. The summed E-state index contributed by atoms with van der Waals surface area (Å²) in [5, 5.41) is 11.6. The zero-order chi connectivity index (χ0) is 23.7. The van der Waals surface area contributed by atoms with Crippen LogP contribution in [-0.4, -0.2) is 33.8 Å². The zero-order valence-corrected chi connectivity index (χ0v) is 18.8. The number of aliphatic hydroxyl groups is 1. The molecule has 4 rings (SSSR count). The molecule has 168 valence electrons. The number of likely N-dealkylation sites (tertiary alicyclic amines) is 1. The van der Waals surface area contributed by atoms with Gasteiger partial charge < -0.3 is 14.7 Å². The molecule has 3 aromatic rings. The Bertz CT molecular complexity index is 1260. The van der Waals surface area contributed by atoms with Crippen molar-refractivity contribution in [3.8, 4) is 5.75 Å². The van der Waals surface area contributed by atoms with Gasteiger partial charge in [-0.3, -0.25) is 14.6 Å². The number of hydrogen-bond donors (Lipinski definition) is 1. The molecular formula is C24H17Cl2FN2O4. The number of amides is 1. The molecule has 2 heterocycles. The maximum atomic E-state index is 13.6. The zero-order valence-electron chi connectivity index (χ0n) is 17.3. The number of Topliss-reactive ketones (excluding diaryl/α,β-unsaturated/α-hetero) is 1. The van der Waals surface area contributed by atoms with Crippen molar-refractivity contribution in [2.24, 2.45) is 0 Å². The summed E-state index contributed by atoms with van der Waals surface area (Å²) in [5.74, 6) is -2.59. The summed E-state index contributed by atoms with van der Waals surface area (Å²) in [6, 6.07) is 10.6. The molecule has 0 saturated carbocycles. The number of ether oxygens (including phenoxy) is 1. The molecule has 1 aliphatic rings. The van der Waals surface area contributed by atoms with E-state index in [1.54, 1.807) is 24.5 Å². The second-order valence-corrected chi connectivity index (χ2v) is 8.15. The quantitative estimate of drug-likeness (QED) is 0.306. The molecular weight excluding hydrogens is 470 g/mol. The van der Waals surface area contributed by atoms with E-state index >= 15 is 0 Å². The average molecular weight is 487 g/mol. The smallest absolute Gasteiger partial charge is 0.295 e. The predicted octanol–water partition coefficient (Wildman–Crippen LogP) is 5.16. The Morgan fingerprint density at radius 3 is 2.42 bits per heavy atom. The number of hydrogen-bond acceptors (Lipinski definition) is 5. The Balaban J connectivity index is 1.93. The van der Waals surface area contributed by atoms with E-state index in [9.17, 15) is 19.1 Å². The lowest BCUT2D eigenvalue weighted by Crippen LogP contribution is -2.29. The van der Waals surface area contributed by atoms with E-state index in [1.807, 2.05) is 0 Å². The van der Waals surface area contributed by atoms with Gasteiger partial charge in [-0.15, -0.1) is 0 Å². The van der Waals surface area contributed by atoms with Gasteiger partial charge >= 0.3 is 0 Å². The summed E-state index contributed by atoms with van der Waals surface area (Å²) in [6.45, 7) is 0.0688. The fourth-order valence-electron chi connectivity index (χ4n) is 3.81. The number of pyridine rings is 1. The number of carbonyl (C=O) groups excluding carboxylic acids is 2. The Kier molecular flexibility index (Phi) is 6.35. The van der Waals surface area contributed by atoms with E-state index in [-0.39, 0.29) is 33.5 Å². The molecule has 6 nitrogen and oxygen atoms in total. The lowest BCUT2D eigenvalue weighted by Gasteiger charge is -2.25. The lowest BCUT2D eigenvalue weighted by molar-refractivity contribution is -0.140. The summed E-state index contributed by atoms with van der Waals surface area (Å²) in [7, 11) is 1.35. The summed E-state index contributed by atoms with van der Waals surface area (Å²) in [5.41, 5.74) is 1.04. The van der Waals surface area contributed by atoms with Crippen molar-refractivity contribution in [1.82, 2.24) is 9.88 Å². The van der Waals surface area contributed by atoms with Gasteiger partial charge in [0.25, 0.3) is 11.7 Å². The van der Waals surface area contributed by atoms with E-state index in [0.29, 0.717) is 5.56 Å². The molecule has 1 N–H and O–H groups in total. The number of aliphatic hydroxyl groups excluding tert-OH is 1. The third-order valence-corrected chi connectivity index (χ3v) is 5.79. The van der Waals surface area contributed by atoms with Crippen LogP contribution in [0.5, 0.6) is 5.75 Å². The topological polar surface area (TPSA) is 79.7 Å². The molecule has 2 aromatic carbocycles. The normalized spacial score (nSPS) is 17.5. The fraction of sp³-hybridized carbons (Fsp3) is 0.125. The largest absolute Gasteiger partial charge is 0.507 e. The van der Waals surface area contributed by atoms with E-state index in [1.165, 1.54) is 48.4 Å². The van der Waals surface area contributed by atoms with Crippen molar-refractivity contribution in [2.45, 2.75) is 12.6 Å². The van der Waals surface area contributed by atoms with Crippen molar-refractivity contribution in [3.63, 3.8) is 0 Å². The van der Waals surface area contributed by atoms with Crippen LogP contribution in [0.25, 0.3) is 5.76 Å². The number of aromatic nitrogens is 1. The van der Waals surface area contributed by atoms with Gasteiger partial charge in [0.15, 0.2) is 0 Å². The van der Waals surface area contributed by atoms with Crippen molar-refractivity contribution in [3.05, 3.63) is 99.1 Å². The summed E-state index contributed by atoms with van der Waals surface area (Å²) in [6.07, 6.45) is 3.13. The maximum Gasteiger partial charge on any atom is 0.295 e. The Morgan fingerprint density at radius 1 is 1.12 bits per heavy atom. The molecule has 0 bridgehead atoms. The van der Waals surface area contributed by atoms with Crippen molar-refractivity contribution in [1.29, 1.82) is 0 Å². The first-order valence-corrected chi connectivity index (χ1v) is 10.5. The molecule has 1 aliphatic heterocycles. The SMILES string of the molecule is COc1c(Cl)cc(Cl)cc1/C(O)=C1\C(=O)C(=O)N(Cc2ccncc2)C1c1ccc(F)cc1. The second kappa shape index (κ2) is 9.21. The van der Waals surface area contributed by atoms with E-state index in [0.717, 1.165) is 5.56 Å². The van der Waals surface area contributed by atoms with Crippen LogP contribution in [0.2, 0.25) is 10.0 Å². The van der Waals surface area contributed by atoms with Gasteiger partial charge in [-0.2, -0.15) is 0 Å². The standard InChI is InChI=1S/C24H17Cl2FN2O4/c1-33-23-17(10-15(25)11-18(23)26)21(30)19-20(14-2-4-16(27)5-3-14)29(24(32)22(19)31)12-13-6-8-28-9-7-13/h2-11,20,30H,12H2,1H3/b21-19+. The van der Waals surface area contributed by atoms with Crippen LogP contribution in [0.4, 0.5) is 4.39 Å². The molecule has 0 aliphatic carbocycles. The number of methoxy groups -OCH3 is 1. The Hall–Kier alpha value is -3.42. The molecule has 1 fully saturated rings. The third-order valence-electron chi connectivity index (χ3n) is 5.30. The highest BCUT2D eigenvalue weighted by Crippen LogP contribution is 2.43. The predicted molar refractivity (Wildman–Crippen MR) is 121 cm³/mol. The number of rotatable bonds is 5. The van der Waals surface area contributed by atoms with Crippen LogP contribution < -0.4 is 4.74 Å². The Morgan fingerprint density at radius 2 is 1.79 bits per heavy atom. The number of nitrogens with zero attached hydrogens (tertiary/aromatic N) is 2. The van der Waals surface area contributed by atoms with Crippen LogP contribution in [0.1, 0.15) is 22.7 Å². The second-order valence-electron chi connectivity index (χ2n) is 7.30. The van der Waals surface area contributed by atoms with Gasteiger partial charge in [0, 0.05) is 24.0 Å². The van der Waals surface area contributed by atoms with Crippen LogP contribution in [0.3, 0.4) is 0 Å². The Labute approximate surface area is 198 Å². The first kappa shape index (κ1) is 22.8. The van der Waals surface area contributed by atoms with E-state index in [4.69, 9.17) is 27.9 Å². The number of halogens is 3. The van der Waals surface area contributed by atoms with Crippen LogP contribution in [0, 0.1) is 5.82 Å². The van der Waals surface area contributed by atoms with E-state index < -0.39 is 29.3 Å². The van der Waals surface area contributed by atoms with Crippen LogP contribution in [0.15, 0.2) is 66.5 Å². The summed E-state index contributed by atoms with van der Waals surface area (Å²) >= 11 is 12.3. The highest BCUT2D eigenvalue weighted by Gasteiger charge is 2.46. The van der Waals surface area contributed by atoms with Crippen LogP contribution in [-0.2, 0) is 16.1 Å². The van der Waals surface area contributed by atoms with Crippen molar-refractivity contribution >= 4 is 40.7 Å². The van der Waals surface area contributed by atoms with Crippen molar-refractivity contribution < 1.29 is 23.8 Å². The van der Waals surface area contributed by atoms with Gasteiger partial charge in [0.2, 0.25) is 0 Å². The fourth-order valence-corrected chi connectivity index (χ4v) is 4.38. The lowest BCUT2D eigenvalue weighted by atomic mass is 9.95. The molecule has 1 saturated heterocycles. The van der Waals surface area contributed by atoms with Crippen LogP contribution >= 0.6 is 23.2 Å². The molecule has 0 radical (unpaired) electrons. The first-order valence-electron chi connectivity index (χ1n) is 9.78. The highest BCUT2D eigenvalue weighted by molar-refractivity contribution is 6.46. The minimum atomic E-state index is -0.985. The summed E-state index contributed by atoms with van der Waals surface area (Å²) < 4.78 is 18.9. The van der Waals surface area contributed by atoms with Crippen molar-refractivity contribution in [2.75, 3.05) is 7.11 Å². The van der Waals surface area contributed by atoms with Gasteiger partial charge in [0.05, 0.1) is 29.3 Å². The van der Waals surface area contributed by atoms with Gasteiger partial charge in [-0.05, 0) is 47.5 Å². The minimum Gasteiger partial charge on any atom is -0.507 e. The molecule has 1 unspecified atom stereocenters.